The molecule has 0 radical (unpaired) electrons. The third-order valence-corrected chi connectivity index (χ3v) is 2.00. The maximum absolute atomic E-state index is 10.7. The van der Waals surface area contributed by atoms with E-state index in [1.807, 2.05) is 13.8 Å². The van der Waals surface area contributed by atoms with Gasteiger partial charge in [0.15, 0.2) is 6.17 Å². The largest absolute Gasteiger partial charge is 0.384 e. The summed E-state index contributed by atoms with van der Waals surface area (Å²) in [6, 6.07) is 0. The highest BCUT2D eigenvalue weighted by Gasteiger charge is 2.32. The van der Waals surface area contributed by atoms with Crippen molar-refractivity contribution in [2.75, 3.05) is 13.7 Å². The van der Waals surface area contributed by atoms with E-state index in [9.17, 15) is 4.91 Å². The number of hydrogen-bond acceptors (Lipinski definition) is 5. The molecule has 1 heterocycles. The van der Waals surface area contributed by atoms with Crippen LogP contribution in [0.4, 0.5) is 0 Å². The number of rotatable bonds is 5. The van der Waals surface area contributed by atoms with Crippen molar-refractivity contribution in [3.8, 4) is 0 Å². The zero-order chi connectivity index (χ0) is 10.6. The van der Waals surface area contributed by atoms with Crippen molar-refractivity contribution in [2.24, 2.45) is 10.6 Å². The normalized spacial score (nSPS) is 13.9. The first-order chi connectivity index (χ1) is 6.61. The summed E-state index contributed by atoms with van der Waals surface area (Å²) in [5, 5.41) is 6.94. The zero-order valence-electron chi connectivity index (χ0n) is 8.54. The summed E-state index contributed by atoms with van der Waals surface area (Å²) in [6.07, 6.45) is 2.26. The summed E-state index contributed by atoms with van der Waals surface area (Å²) in [7, 11) is 1.59. The van der Waals surface area contributed by atoms with E-state index in [-0.39, 0.29) is 0 Å². The van der Waals surface area contributed by atoms with Crippen LogP contribution in [0, 0.1) is 10.3 Å². The molecule has 0 N–H and O–H groups in total. The Kier molecular flexibility index (Phi) is 3.29. The first-order valence-corrected chi connectivity index (χ1v) is 4.27. The fourth-order valence-electron chi connectivity index (χ4n) is 1.34. The molecule has 1 aromatic heterocycles. The summed E-state index contributed by atoms with van der Waals surface area (Å²) in [4.78, 5) is 14.5. The Morgan fingerprint density at radius 3 is 2.79 bits per heavy atom. The molecule has 0 spiro atoms. The van der Waals surface area contributed by atoms with Gasteiger partial charge in [0, 0.05) is 12.5 Å². The molecule has 0 amide bonds. The lowest BCUT2D eigenvalue weighted by Crippen LogP contribution is -2.30. The molecule has 6 nitrogen and oxygen atoms in total. The molecule has 0 saturated carbocycles. The van der Waals surface area contributed by atoms with Gasteiger partial charge in [0.25, 0.3) is 0 Å². The molecular weight excluding hydrogens is 184 g/mol. The highest BCUT2D eigenvalue weighted by molar-refractivity contribution is 4.81. The highest BCUT2D eigenvalue weighted by Crippen LogP contribution is 2.31. The van der Waals surface area contributed by atoms with E-state index in [1.165, 1.54) is 17.3 Å². The summed E-state index contributed by atoms with van der Waals surface area (Å²) in [6.45, 7) is 4.22. The van der Waals surface area contributed by atoms with E-state index in [1.54, 1.807) is 7.11 Å². The van der Waals surface area contributed by atoms with Crippen molar-refractivity contribution in [1.82, 2.24) is 14.8 Å². The fraction of sp³-hybridized carbons (Fsp3) is 0.750. The third-order valence-electron chi connectivity index (χ3n) is 2.00. The molecule has 0 saturated heterocycles. The second kappa shape index (κ2) is 4.28. The van der Waals surface area contributed by atoms with Gasteiger partial charge in [0.1, 0.15) is 12.7 Å². The lowest BCUT2D eigenvalue weighted by Gasteiger charge is -2.27. The first-order valence-electron chi connectivity index (χ1n) is 4.27. The summed E-state index contributed by atoms with van der Waals surface area (Å²) in [5.74, 6) is 0. The van der Waals surface area contributed by atoms with Crippen LogP contribution in [-0.4, -0.2) is 28.5 Å². The molecule has 1 unspecified atom stereocenters. The lowest BCUT2D eigenvalue weighted by atomic mass is 9.91. The smallest absolute Gasteiger partial charge is 0.192 e. The predicted molar refractivity (Wildman–Crippen MR) is 50.5 cm³/mol. The molecule has 14 heavy (non-hydrogen) atoms. The van der Waals surface area contributed by atoms with Crippen molar-refractivity contribution in [2.45, 2.75) is 20.0 Å². The summed E-state index contributed by atoms with van der Waals surface area (Å²) < 4.78 is 6.46. The minimum atomic E-state index is -0.593. The van der Waals surface area contributed by atoms with E-state index in [4.69, 9.17) is 4.74 Å². The number of methoxy groups -OCH3 is 1. The molecule has 0 fully saturated rings. The molecule has 1 aromatic rings. The minimum absolute atomic E-state index is 0.399. The summed E-state index contributed by atoms with van der Waals surface area (Å²) >= 11 is 0. The Morgan fingerprint density at radius 2 is 2.36 bits per heavy atom. The molecule has 1 atom stereocenters. The van der Waals surface area contributed by atoms with Gasteiger partial charge in [-0.25, -0.2) is 9.67 Å². The van der Waals surface area contributed by atoms with Crippen LogP contribution < -0.4 is 0 Å². The van der Waals surface area contributed by atoms with Crippen molar-refractivity contribution in [3.63, 3.8) is 0 Å². The van der Waals surface area contributed by atoms with Gasteiger partial charge >= 0.3 is 0 Å². The number of aromatic nitrogens is 3. The van der Waals surface area contributed by atoms with Gasteiger partial charge in [-0.2, -0.15) is 5.10 Å². The number of ether oxygens (including phenoxy) is 1. The quantitative estimate of drug-likeness (QED) is 0.667. The molecule has 0 aliphatic rings. The Balaban J connectivity index is 2.86. The van der Waals surface area contributed by atoms with Gasteiger partial charge < -0.3 is 4.74 Å². The van der Waals surface area contributed by atoms with Crippen LogP contribution in [0.1, 0.15) is 20.0 Å². The monoisotopic (exact) mass is 198 g/mol. The molecule has 0 aliphatic carbocycles. The Labute approximate surface area is 82.3 Å². The molecule has 1 rings (SSSR count). The van der Waals surface area contributed by atoms with E-state index in [0.29, 0.717) is 6.61 Å². The van der Waals surface area contributed by atoms with Crippen molar-refractivity contribution in [3.05, 3.63) is 17.6 Å². The van der Waals surface area contributed by atoms with Crippen LogP contribution in [0.15, 0.2) is 17.8 Å². The van der Waals surface area contributed by atoms with Gasteiger partial charge in [0.05, 0.1) is 6.61 Å². The van der Waals surface area contributed by atoms with Crippen molar-refractivity contribution < 1.29 is 4.74 Å². The standard InChI is InChI=1S/C8H14N4O2/c1-8(2,4-14-3)7(11-13)12-6-9-5-10-12/h5-7H,4H2,1-3H3. The van der Waals surface area contributed by atoms with E-state index in [0.717, 1.165) is 0 Å². The van der Waals surface area contributed by atoms with Gasteiger partial charge in [0.2, 0.25) is 0 Å². The van der Waals surface area contributed by atoms with Crippen molar-refractivity contribution in [1.29, 1.82) is 0 Å². The fourth-order valence-corrected chi connectivity index (χ4v) is 1.34. The average molecular weight is 198 g/mol. The van der Waals surface area contributed by atoms with E-state index >= 15 is 0 Å². The molecular formula is C8H14N4O2. The Morgan fingerprint density at radius 1 is 1.64 bits per heavy atom. The van der Waals surface area contributed by atoms with Crippen LogP contribution in [0.25, 0.3) is 0 Å². The first kappa shape index (κ1) is 10.8. The van der Waals surface area contributed by atoms with E-state index in [2.05, 4.69) is 15.3 Å². The third kappa shape index (κ3) is 2.14. The summed E-state index contributed by atoms with van der Waals surface area (Å²) in [5.41, 5.74) is -0.399. The maximum Gasteiger partial charge on any atom is 0.192 e. The molecule has 78 valence electrons. The van der Waals surface area contributed by atoms with E-state index < -0.39 is 11.6 Å². The van der Waals surface area contributed by atoms with Gasteiger partial charge in [-0.1, -0.05) is 13.8 Å². The van der Waals surface area contributed by atoms with Crippen LogP contribution in [0.5, 0.6) is 0 Å². The van der Waals surface area contributed by atoms with Gasteiger partial charge in [-0.3, -0.25) is 0 Å². The minimum Gasteiger partial charge on any atom is -0.384 e. The average Bonchev–Trinajstić information content (AvgIpc) is 2.57. The van der Waals surface area contributed by atoms with Crippen LogP contribution in [0.3, 0.4) is 0 Å². The van der Waals surface area contributed by atoms with Crippen LogP contribution >= 0.6 is 0 Å². The zero-order valence-corrected chi connectivity index (χ0v) is 8.54. The van der Waals surface area contributed by atoms with Gasteiger partial charge in [-0.15, -0.1) is 4.91 Å². The predicted octanol–water partition coefficient (Wildman–Crippen LogP) is 1.22. The number of nitroso groups, excluding NO2 is 1. The maximum atomic E-state index is 10.7. The lowest BCUT2D eigenvalue weighted by molar-refractivity contribution is 0.0611. The molecule has 0 aliphatic heterocycles. The van der Waals surface area contributed by atoms with Gasteiger partial charge in [-0.05, 0) is 5.18 Å². The van der Waals surface area contributed by atoms with Crippen LogP contribution in [-0.2, 0) is 4.74 Å². The Bertz CT molecular complexity index is 284. The number of nitrogens with zero attached hydrogens (tertiary/aromatic N) is 4. The van der Waals surface area contributed by atoms with Crippen molar-refractivity contribution >= 4 is 0 Å². The second-order valence-corrected chi connectivity index (χ2v) is 3.78. The topological polar surface area (TPSA) is 69.4 Å². The molecule has 0 bridgehead atoms. The molecule has 0 aromatic carbocycles. The molecule has 6 heteroatoms. The second-order valence-electron chi connectivity index (χ2n) is 3.78. The highest BCUT2D eigenvalue weighted by atomic mass is 16.5. The van der Waals surface area contributed by atoms with Crippen LogP contribution in [0.2, 0.25) is 0 Å². The Hall–Kier alpha value is -1.30. The number of hydrogen-bond donors (Lipinski definition) is 0. The SMILES string of the molecule is COCC(C)(C)C(N=O)n1cncn1.